The summed E-state index contributed by atoms with van der Waals surface area (Å²) in [6.07, 6.45) is 5.98. The average molecular weight is 497 g/mol. The minimum Gasteiger partial charge on any atom is -0.506 e. The van der Waals surface area contributed by atoms with Gasteiger partial charge in [-0.3, -0.25) is 9.97 Å². The van der Waals surface area contributed by atoms with Gasteiger partial charge >= 0.3 is 0 Å². The number of ether oxygens (including phenoxy) is 1. The summed E-state index contributed by atoms with van der Waals surface area (Å²) in [6.45, 7) is -0.752. The van der Waals surface area contributed by atoms with Gasteiger partial charge in [-0.2, -0.15) is 0 Å². The zero-order chi connectivity index (χ0) is 26.0. The molecule has 0 aliphatic carbocycles. The van der Waals surface area contributed by atoms with Crippen LogP contribution in [0.1, 0.15) is 44.1 Å². The van der Waals surface area contributed by atoms with E-state index in [4.69, 9.17) is 8.85 Å². The Balaban J connectivity index is 0.000000253. The number of thiazole rings is 2. The smallest absolute Gasteiger partial charge is 0.138 e. The fourth-order valence-electron chi connectivity index (χ4n) is 2.24. The Kier molecular flexibility index (Phi) is 8.87. The molecule has 0 aliphatic heterocycles. The third-order valence-corrected chi connectivity index (χ3v) is 5.01. The minimum absolute atomic E-state index is 0. The summed E-state index contributed by atoms with van der Waals surface area (Å²) in [5.41, 5.74) is 2.40. The van der Waals surface area contributed by atoms with Crippen LogP contribution in [0.5, 0.6) is 11.5 Å². The van der Waals surface area contributed by atoms with Crippen molar-refractivity contribution in [2.24, 2.45) is 0 Å². The number of aromatic nitrogens is 4. The van der Waals surface area contributed by atoms with E-state index in [0.717, 1.165) is 27.6 Å². The van der Waals surface area contributed by atoms with E-state index in [1.165, 1.54) is 24.7 Å². The highest BCUT2D eigenvalue weighted by Crippen LogP contribution is 2.11. The maximum atomic E-state index is 12.0. The largest absolute Gasteiger partial charge is 0.506 e. The maximum Gasteiger partial charge on any atom is 0.138 e. The summed E-state index contributed by atoms with van der Waals surface area (Å²) in [7, 11) is 0. The highest BCUT2D eigenvalue weighted by atomic mass is 32.1. The predicted octanol–water partition coefficient (Wildman–Crippen LogP) is 5.18. The Bertz CT molecular complexity index is 1430. The molecule has 9 heteroatoms. The Morgan fingerprint density at radius 2 is 1.56 bits per heavy atom. The van der Waals surface area contributed by atoms with Crippen molar-refractivity contribution in [1.29, 1.82) is 0 Å². The van der Waals surface area contributed by atoms with Crippen LogP contribution in [-0.4, -0.2) is 38.3 Å². The molecule has 0 aromatic carbocycles. The molecular weight excluding hydrogens is 470 g/mol. The summed E-state index contributed by atoms with van der Waals surface area (Å²) in [4.78, 5) is 15.9. The van der Waals surface area contributed by atoms with E-state index in [-0.39, 0.29) is 24.8 Å². The lowest BCUT2D eigenvalue weighted by Crippen LogP contribution is -1.99. The third kappa shape index (κ3) is 8.99. The van der Waals surface area contributed by atoms with Crippen LogP contribution in [-0.2, 0) is 0 Å². The molecule has 1 N–H and O–H groups in total. The fraction of sp³-hybridized carbons (Fsp3) is 0.200. The van der Waals surface area contributed by atoms with E-state index in [0.29, 0.717) is 17.0 Å². The first-order chi connectivity index (χ1) is 17.2. The average Bonchev–Trinajstić information content (AvgIpc) is 3.50. The monoisotopic (exact) mass is 496 g/mol. The Morgan fingerprint density at radius 3 is 2.12 bits per heavy atom. The number of aromatic hydroxyl groups is 1. The van der Waals surface area contributed by atoms with E-state index in [1.54, 1.807) is 29.0 Å². The fourth-order valence-corrected chi connectivity index (χ4v) is 3.27. The molecule has 4 heterocycles. The van der Waals surface area contributed by atoms with E-state index >= 15 is 0 Å². The topological polar surface area (TPSA) is 81.0 Å². The normalized spacial score (nSPS) is 10.9. The molecule has 0 radical (unpaired) electrons. The number of hydrogen-bond donors (Lipinski definition) is 1. The van der Waals surface area contributed by atoms with Crippen molar-refractivity contribution in [1.82, 2.24) is 19.9 Å². The van der Waals surface area contributed by atoms with Crippen molar-refractivity contribution in [2.75, 3.05) is 13.3 Å². The predicted molar refractivity (Wildman–Crippen MR) is 134 cm³/mol. The molecule has 0 fully saturated rings. The van der Waals surface area contributed by atoms with Crippen molar-refractivity contribution >= 4 is 22.7 Å². The molecule has 0 aliphatic rings. The quantitative estimate of drug-likeness (QED) is 0.394. The van der Waals surface area contributed by atoms with Crippen LogP contribution in [0.3, 0.4) is 0 Å². The van der Waals surface area contributed by atoms with Gasteiger partial charge < -0.3 is 9.84 Å². The maximum absolute atomic E-state index is 12.0. The van der Waals surface area contributed by atoms with Crippen LogP contribution in [0.25, 0.3) is 0 Å². The molecule has 0 unspecified atom stereocenters. The first kappa shape index (κ1) is 22.0. The van der Waals surface area contributed by atoms with Crippen molar-refractivity contribution in [3.63, 3.8) is 0 Å². The van der Waals surface area contributed by atoms with Crippen LogP contribution in [0.2, 0.25) is 0 Å². The Labute approximate surface area is 210 Å². The van der Waals surface area contributed by atoms with Crippen LogP contribution in [0, 0.1) is 37.5 Å². The van der Waals surface area contributed by atoms with Crippen molar-refractivity contribution in [3.8, 4) is 35.2 Å². The van der Waals surface area contributed by atoms with Crippen LogP contribution >= 0.6 is 22.7 Å². The third-order valence-electron chi connectivity index (χ3n) is 3.58. The second-order valence-electron chi connectivity index (χ2n) is 6.17. The number of rotatable bonds is 3. The summed E-state index contributed by atoms with van der Waals surface area (Å²) >= 11 is 2.61. The van der Waals surface area contributed by atoms with Gasteiger partial charge in [0.1, 0.15) is 36.2 Å². The van der Waals surface area contributed by atoms with Gasteiger partial charge in [0.05, 0.1) is 22.4 Å². The van der Waals surface area contributed by atoms with E-state index in [2.05, 4.69) is 43.6 Å². The van der Waals surface area contributed by atoms with Crippen molar-refractivity contribution in [3.05, 3.63) is 80.2 Å². The molecular formula is C25H23FN4O2S2. The minimum atomic E-state index is -2.20. The van der Waals surface area contributed by atoms with E-state index in [1.807, 2.05) is 12.3 Å². The second-order valence-corrected chi connectivity index (χ2v) is 8.09. The molecule has 174 valence electrons. The van der Waals surface area contributed by atoms with Gasteiger partial charge in [0.25, 0.3) is 0 Å². The highest BCUT2D eigenvalue weighted by Gasteiger charge is 1.97. The first-order valence-electron chi connectivity index (χ1n) is 10.9. The molecule has 0 bridgehead atoms. The lowest BCUT2D eigenvalue weighted by molar-refractivity contribution is 0.272. The molecule has 6 nitrogen and oxygen atoms in total. The number of halogens is 1. The van der Waals surface area contributed by atoms with E-state index < -0.39 is 13.5 Å². The lowest BCUT2D eigenvalue weighted by atomic mass is 10.3. The SMILES string of the molecule is C.Cc1nc(C#Cc2cncc(OCC[18F])c2)cs1.[2H]C([2H])([2H])c1nc(C#Cc2cncc(O)c2)cs1. The molecule has 4 aromatic heterocycles. The van der Waals surface area contributed by atoms with E-state index in [9.17, 15) is 9.50 Å². The summed E-state index contributed by atoms with van der Waals surface area (Å²) in [5.74, 6) is 11.9. The molecule has 0 spiro atoms. The van der Waals surface area contributed by atoms with Crippen molar-refractivity contribution < 1.29 is 18.3 Å². The molecule has 0 saturated carbocycles. The summed E-state index contributed by atoms with van der Waals surface area (Å²) in [6, 6.07) is 3.20. The van der Waals surface area contributed by atoms with Gasteiger partial charge in [-0.1, -0.05) is 19.3 Å². The molecule has 34 heavy (non-hydrogen) atoms. The Morgan fingerprint density at radius 1 is 0.941 bits per heavy atom. The van der Waals surface area contributed by atoms with Gasteiger partial charge in [0.2, 0.25) is 0 Å². The Hall–Kier alpha value is -3.79. The molecule has 0 atom stereocenters. The number of aryl methyl sites for hydroxylation is 2. The summed E-state index contributed by atoms with van der Waals surface area (Å²) in [5, 5.41) is 13.7. The van der Waals surface area contributed by atoms with Gasteiger partial charge in [0.15, 0.2) is 0 Å². The summed E-state index contributed by atoms with van der Waals surface area (Å²) < 4.78 is 38.7. The van der Waals surface area contributed by atoms with Crippen LogP contribution < -0.4 is 4.74 Å². The molecule has 0 amide bonds. The molecule has 0 saturated heterocycles. The standard InChI is InChI=1S/C13H11FN2OS.C11H8N2OS.CH4/c1-10-16-12(9-18-10)3-2-11-6-13(8-15-7-11)17-5-4-14;1-8-13-10(7-15-8)3-2-9-4-11(14)6-12-5-9;/h6-9H,4-5H2,1H3;4-7,14H,1H3;1H4/i14-1;1D3;. The van der Waals surface area contributed by atoms with Gasteiger partial charge in [-0.25, -0.2) is 14.4 Å². The van der Waals surface area contributed by atoms with Gasteiger partial charge in [-0.05, 0) is 37.7 Å². The molecule has 4 rings (SSSR count). The highest BCUT2D eigenvalue weighted by molar-refractivity contribution is 7.09. The van der Waals surface area contributed by atoms with Gasteiger partial charge in [0, 0.05) is 38.4 Å². The number of hydrogen-bond acceptors (Lipinski definition) is 8. The molecule has 4 aromatic rings. The van der Waals surface area contributed by atoms with Crippen LogP contribution in [0.4, 0.5) is 4.39 Å². The number of alkyl halides is 1. The van der Waals surface area contributed by atoms with Crippen molar-refractivity contribution in [2.45, 2.75) is 21.2 Å². The second kappa shape index (κ2) is 13.7. The number of pyridine rings is 2. The zero-order valence-electron chi connectivity index (χ0n) is 20.4. The number of nitrogens with zero attached hydrogens (tertiary/aromatic N) is 4. The lowest BCUT2D eigenvalue weighted by Gasteiger charge is -2.02. The zero-order valence-corrected chi connectivity index (χ0v) is 19.0. The van der Waals surface area contributed by atoms with Gasteiger partial charge in [-0.15, -0.1) is 22.7 Å². The van der Waals surface area contributed by atoms with Crippen LogP contribution in [0.15, 0.2) is 47.7 Å². The first-order valence-corrected chi connectivity index (χ1v) is 11.2.